The van der Waals surface area contributed by atoms with Crippen LogP contribution < -0.4 is 0 Å². The fourth-order valence-corrected chi connectivity index (χ4v) is 6.13. The van der Waals surface area contributed by atoms with Crippen LogP contribution in [0.5, 0.6) is 0 Å². The number of aromatic nitrogens is 4. The number of aryl methyl sites for hydroxylation is 4. The predicted octanol–water partition coefficient (Wildman–Crippen LogP) is 8.42. The van der Waals surface area contributed by atoms with Crippen molar-refractivity contribution < 1.29 is 9.53 Å². The van der Waals surface area contributed by atoms with E-state index in [9.17, 15) is 4.79 Å². The molecule has 3 aromatic heterocycles. The zero-order chi connectivity index (χ0) is 28.7. The highest BCUT2D eigenvalue weighted by Crippen LogP contribution is 2.37. The summed E-state index contributed by atoms with van der Waals surface area (Å²) in [6.07, 6.45) is 2.75. The standard InChI is InChI=1S/C34H40N4O2/c1-9-24-21(7)33-22(8)34-25(10-2)19(5)29(37-34)17-28-20(6)26(12-13-32(39)40-11-3)30(36-28)15-23-14-18(4)27(35-23)16-31(24)38-33/h14-17,35,37H,9-13H2,1-8H3. The Hall–Kier alpha value is -3.93. The van der Waals surface area contributed by atoms with E-state index in [1.54, 1.807) is 0 Å². The number of esters is 1. The lowest BCUT2D eigenvalue weighted by Crippen LogP contribution is -2.03. The van der Waals surface area contributed by atoms with Gasteiger partial charge in [-0.1, -0.05) is 13.8 Å². The second-order valence-corrected chi connectivity index (χ2v) is 10.8. The van der Waals surface area contributed by atoms with Crippen LogP contribution in [-0.2, 0) is 16.0 Å². The number of nitrogens with one attached hydrogen (secondary N) is 2. The number of ether oxygens (including phenoxy) is 1. The van der Waals surface area contributed by atoms with Crippen molar-refractivity contribution in [3.63, 3.8) is 0 Å². The third-order valence-corrected chi connectivity index (χ3v) is 8.41. The van der Waals surface area contributed by atoms with Gasteiger partial charge in [0.05, 0.1) is 29.4 Å². The van der Waals surface area contributed by atoms with Crippen molar-refractivity contribution in [2.45, 2.75) is 81.1 Å². The Morgan fingerprint density at radius 2 is 1.50 bits per heavy atom. The smallest absolute Gasteiger partial charge is 0.306 e. The zero-order valence-electron chi connectivity index (χ0n) is 25.1. The van der Waals surface area contributed by atoms with Crippen LogP contribution >= 0.6 is 0 Å². The van der Waals surface area contributed by atoms with Crippen LogP contribution in [0.1, 0.15) is 98.9 Å². The van der Waals surface area contributed by atoms with Crippen molar-refractivity contribution in [3.05, 3.63) is 69.3 Å². The molecule has 0 fully saturated rings. The number of hydrogen-bond acceptors (Lipinski definition) is 4. The molecular formula is C34H40N4O2. The monoisotopic (exact) mass is 536 g/mol. The van der Waals surface area contributed by atoms with Gasteiger partial charge in [0, 0.05) is 28.5 Å². The molecule has 3 aromatic rings. The summed E-state index contributed by atoms with van der Waals surface area (Å²) < 4.78 is 5.22. The lowest BCUT2D eigenvalue weighted by atomic mass is 10.00. The van der Waals surface area contributed by atoms with Crippen LogP contribution in [0.25, 0.3) is 44.4 Å². The predicted molar refractivity (Wildman–Crippen MR) is 166 cm³/mol. The number of nitrogens with zero attached hydrogens (tertiary/aromatic N) is 2. The molecule has 0 aromatic carbocycles. The third-order valence-electron chi connectivity index (χ3n) is 8.41. The number of carbonyl (C=O) groups is 1. The third kappa shape index (κ3) is 4.80. The summed E-state index contributed by atoms with van der Waals surface area (Å²) in [5.41, 5.74) is 17.7. The first-order valence-electron chi connectivity index (χ1n) is 14.4. The number of rotatable bonds is 6. The summed E-state index contributed by atoms with van der Waals surface area (Å²) in [6.45, 7) is 17.4. The minimum Gasteiger partial charge on any atom is -0.466 e. The lowest BCUT2D eigenvalue weighted by Gasteiger charge is -2.04. The molecule has 0 unspecified atom stereocenters. The highest BCUT2D eigenvalue weighted by molar-refractivity contribution is 5.96. The van der Waals surface area contributed by atoms with Crippen molar-refractivity contribution >= 4 is 50.3 Å². The zero-order valence-corrected chi connectivity index (χ0v) is 25.1. The van der Waals surface area contributed by atoms with Crippen molar-refractivity contribution in [3.8, 4) is 0 Å². The minimum atomic E-state index is -0.183. The van der Waals surface area contributed by atoms with E-state index in [-0.39, 0.29) is 5.97 Å². The van der Waals surface area contributed by atoms with E-state index in [0.717, 1.165) is 74.4 Å². The van der Waals surface area contributed by atoms with Crippen molar-refractivity contribution in [1.82, 2.24) is 19.9 Å². The number of H-pyrrole nitrogens is 2. The van der Waals surface area contributed by atoms with E-state index in [1.807, 2.05) is 6.92 Å². The topological polar surface area (TPSA) is 83.7 Å². The number of aromatic amines is 2. The minimum absolute atomic E-state index is 0.183. The fourth-order valence-electron chi connectivity index (χ4n) is 6.13. The van der Waals surface area contributed by atoms with Gasteiger partial charge in [0.1, 0.15) is 0 Å². The molecule has 2 N–H and O–H groups in total. The summed E-state index contributed by atoms with van der Waals surface area (Å²) in [4.78, 5) is 29.9. The highest BCUT2D eigenvalue weighted by atomic mass is 16.5. The summed E-state index contributed by atoms with van der Waals surface area (Å²) >= 11 is 0. The number of fused-ring (bicyclic) bond motifs is 8. The molecule has 0 saturated carbocycles. The highest BCUT2D eigenvalue weighted by Gasteiger charge is 2.21. The fraction of sp³-hybridized carbons (Fsp3) is 0.382. The van der Waals surface area contributed by atoms with Gasteiger partial charge in [0.15, 0.2) is 0 Å². The van der Waals surface area contributed by atoms with Crippen LogP contribution in [0.4, 0.5) is 0 Å². The Morgan fingerprint density at radius 3 is 2.20 bits per heavy atom. The van der Waals surface area contributed by atoms with Crippen LogP contribution in [0, 0.1) is 20.8 Å². The molecule has 0 aliphatic carbocycles. The van der Waals surface area contributed by atoms with Crippen molar-refractivity contribution in [1.29, 1.82) is 0 Å². The lowest BCUT2D eigenvalue weighted by molar-refractivity contribution is -0.142. The number of allylic oxidation sites excluding steroid dienone is 4. The molecule has 0 saturated heterocycles. The molecule has 6 nitrogen and oxygen atoms in total. The van der Waals surface area contributed by atoms with E-state index >= 15 is 0 Å². The second kappa shape index (κ2) is 10.9. The largest absolute Gasteiger partial charge is 0.466 e. The summed E-state index contributed by atoms with van der Waals surface area (Å²) in [5.74, 6) is -0.183. The quantitative estimate of drug-likeness (QED) is 0.310. The Balaban J connectivity index is 1.87. The van der Waals surface area contributed by atoms with Gasteiger partial charge in [0.2, 0.25) is 0 Å². The first kappa shape index (κ1) is 27.6. The Kier molecular flexibility index (Phi) is 7.54. The maximum atomic E-state index is 12.2. The molecule has 5 heterocycles. The van der Waals surface area contributed by atoms with Crippen LogP contribution in [0.2, 0.25) is 0 Å². The normalized spacial score (nSPS) is 13.4. The molecular weight excluding hydrogens is 496 g/mol. The molecule has 5 rings (SSSR count). The molecule has 208 valence electrons. The average molecular weight is 537 g/mol. The van der Waals surface area contributed by atoms with Gasteiger partial charge in [-0.2, -0.15) is 0 Å². The van der Waals surface area contributed by atoms with Crippen LogP contribution in [0.3, 0.4) is 0 Å². The van der Waals surface area contributed by atoms with E-state index in [2.05, 4.69) is 82.7 Å². The van der Waals surface area contributed by atoms with Gasteiger partial charge in [-0.05, 0) is 130 Å². The van der Waals surface area contributed by atoms with E-state index < -0.39 is 0 Å². The van der Waals surface area contributed by atoms with Gasteiger partial charge >= 0.3 is 5.97 Å². The van der Waals surface area contributed by atoms with Gasteiger partial charge in [-0.15, -0.1) is 0 Å². The first-order chi connectivity index (χ1) is 19.2. The van der Waals surface area contributed by atoms with Crippen molar-refractivity contribution in [2.24, 2.45) is 0 Å². The molecule has 0 radical (unpaired) electrons. The molecule has 0 atom stereocenters. The molecule has 8 bridgehead atoms. The molecule has 6 heteroatoms. The maximum Gasteiger partial charge on any atom is 0.306 e. The van der Waals surface area contributed by atoms with Gasteiger partial charge < -0.3 is 14.7 Å². The SMILES string of the molecule is CCOC(=O)CCC1=C(C)c2cc3[nH]c(c(C)c4nc(cc5[nH]c(cc1n2)cc5C)C(CC)=C4C)c(CC)c3C. The maximum absolute atomic E-state index is 12.2. The summed E-state index contributed by atoms with van der Waals surface area (Å²) in [7, 11) is 0. The van der Waals surface area contributed by atoms with Gasteiger partial charge in [0.25, 0.3) is 0 Å². The Bertz CT molecular complexity index is 1750. The van der Waals surface area contributed by atoms with E-state index in [1.165, 1.54) is 27.8 Å². The number of carbonyl (C=O) groups excluding carboxylic acids is 1. The average Bonchev–Trinajstić information content (AvgIpc) is 3.61. The molecule has 0 spiro atoms. The van der Waals surface area contributed by atoms with E-state index in [0.29, 0.717) is 19.4 Å². The van der Waals surface area contributed by atoms with Gasteiger partial charge in [-0.25, -0.2) is 9.97 Å². The molecule has 2 aliphatic rings. The summed E-state index contributed by atoms with van der Waals surface area (Å²) in [6, 6.07) is 8.59. The second-order valence-electron chi connectivity index (χ2n) is 10.8. The van der Waals surface area contributed by atoms with Gasteiger partial charge in [-0.3, -0.25) is 4.79 Å². The Morgan fingerprint density at radius 1 is 0.775 bits per heavy atom. The Labute approximate surface area is 236 Å². The van der Waals surface area contributed by atoms with E-state index in [4.69, 9.17) is 14.7 Å². The van der Waals surface area contributed by atoms with Crippen LogP contribution in [-0.4, -0.2) is 32.5 Å². The molecule has 40 heavy (non-hydrogen) atoms. The van der Waals surface area contributed by atoms with Crippen LogP contribution in [0.15, 0.2) is 24.3 Å². The summed E-state index contributed by atoms with van der Waals surface area (Å²) in [5, 5.41) is 0. The number of hydrogen-bond donors (Lipinski definition) is 2. The van der Waals surface area contributed by atoms with Crippen molar-refractivity contribution in [2.75, 3.05) is 6.61 Å². The first-order valence-corrected chi connectivity index (χ1v) is 14.4. The molecule has 0 amide bonds. The molecule has 2 aliphatic heterocycles.